The van der Waals surface area contributed by atoms with Gasteiger partial charge in [-0.05, 0) is 19.9 Å². The number of hydrogen-bond donors (Lipinski definition) is 1. The van der Waals surface area contributed by atoms with E-state index in [-0.39, 0.29) is 11.4 Å². The van der Waals surface area contributed by atoms with Gasteiger partial charge in [0, 0.05) is 7.05 Å². The molecule has 2 N–H and O–H groups in total. The van der Waals surface area contributed by atoms with E-state index in [9.17, 15) is 4.79 Å². The molecule has 0 fully saturated rings. The number of carbonyl (C=O) groups excluding carboxylic acids is 1. The van der Waals surface area contributed by atoms with Crippen molar-refractivity contribution in [2.75, 3.05) is 12.8 Å². The zero-order valence-corrected chi connectivity index (χ0v) is 8.53. The number of nitrogen functional groups attached to an aromatic ring is 1. The molecule has 74 valence electrons. The summed E-state index contributed by atoms with van der Waals surface area (Å²) in [5, 5.41) is 0. The maximum atomic E-state index is 11.8. The SMILES string of the molecule is CN1C(=O)c2cc(N)cnc2C1(C)C. The normalized spacial score (nSPS) is 18.5. The third-order valence-electron chi connectivity index (χ3n) is 2.86. The fraction of sp³-hybridized carbons (Fsp3) is 0.400. The summed E-state index contributed by atoms with van der Waals surface area (Å²) in [5.74, 6) is -0.00944. The minimum Gasteiger partial charge on any atom is -0.397 e. The number of aromatic nitrogens is 1. The summed E-state index contributed by atoms with van der Waals surface area (Å²) in [4.78, 5) is 17.7. The molecule has 0 saturated carbocycles. The quantitative estimate of drug-likeness (QED) is 0.665. The van der Waals surface area contributed by atoms with E-state index >= 15 is 0 Å². The third-order valence-corrected chi connectivity index (χ3v) is 2.86. The minimum absolute atomic E-state index is 0.00944. The summed E-state index contributed by atoms with van der Waals surface area (Å²) < 4.78 is 0. The van der Waals surface area contributed by atoms with Gasteiger partial charge in [0.25, 0.3) is 5.91 Å². The molecule has 0 aliphatic carbocycles. The van der Waals surface area contributed by atoms with Crippen molar-refractivity contribution in [3.8, 4) is 0 Å². The van der Waals surface area contributed by atoms with Crippen molar-refractivity contribution >= 4 is 11.6 Å². The van der Waals surface area contributed by atoms with Crippen LogP contribution >= 0.6 is 0 Å². The molecule has 1 amide bonds. The lowest BCUT2D eigenvalue weighted by atomic mass is 10.00. The van der Waals surface area contributed by atoms with Gasteiger partial charge in [0.15, 0.2) is 0 Å². The zero-order valence-electron chi connectivity index (χ0n) is 8.53. The van der Waals surface area contributed by atoms with Crippen molar-refractivity contribution in [2.45, 2.75) is 19.4 Å². The number of nitrogens with two attached hydrogens (primary N) is 1. The van der Waals surface area contributed by atoms with Crippen LogP contribution < -0.4 is 5.73 Å². The van der Waals surface area contributed by atoms with E-state index in [0.717, 1.165) is 5.69 Å². The van der Waals surface area contributed by atoms with Crippen LogP contribution in [0.15, 0.2) is 12.3 Å². The lowest BCUT2D eigenvalue weighted by Gasteiger charge is -2.27. The van der Waals surface area contributed by atoms with Crippen LogP contribution in [0.5, 0.6) is 0 Å². The van der Waals surface area contributed by atoms with E-state index in [1.807, 2.05) is 13.8 Å². The smallest absolute Gasteiger partial charge is 0.256 e. The fourth-order valence-electron chi connectivity index (χ4n) is 1.72. The van der Waals surface area contributed by atoms with E-state index in [1.54, 1.807) is 24.2 Å². The second-order valence-corrected chi connectivity index (χ2v) is 4.09. The Morgan fingerprint density at radius 3 is 2.79 bits per heavy atom. The molecular weight excluding hydrogens is 178 g/mol. The van der Waals surface area contributed by atoms with Crippen molar-refractivity contribution < 1.29 is 4.79 Å². The average molecular weight is 191 g/mol. The van der Waals surface area contributed by atoms with Gasteiger partial charge in [-0.15, -0.1) is 0 Å². The molecule has 1 aromatic rings. The lowest BCUT2D eigenvalue weighted by Crippen LogP contribution is -2.35. The van der Waals surface area contributed by atoms with Gasteiger partial charge in [-0.25, -0.2) is 0 Å². The Labute approximate surface area is 82.7 Å². The Morgan fingerprint density at radius 2 is 2.14 bits per heavy atom. The van der Waals surface area contributed by atoms with Gasteiger partial charge in [-0.3, -0.25) is 9.78 Å². The number of anilines is 1. The Bertz CT molecular complexity index is 412. The first-order valence-electron chi connectivity index (χ1n) is 4.49. The topological polar surface area (TPSA) is 59.2 Å². The first-order valence-corrected chi connectivity index (χ1v) is 4.49. The van der Waals surface area contributed by atoms with Gasteiger partial charge in [-0.2, -0.15) is 0 Å². The first-order chi connectivity index (χ1) is 6.44. The van der Waals surface area contributed by atoms with E-state index in [4.69, 9.17) is 5.73 Å². The molecular formula is C10H13N3O. The van der Waals surface area contributed by atoms with E-state index in [0.29, 0.717) is 11.3 Å². The van der Waals surface area contributed by atoms with Gasteiger partial charge < -0.3 is 10.6 Å². The van der Waals surface area contributed by atoms with Crippen LogP contribution in [0.2, 0.25) is 0 Å². The molecule has 4 heteroatoms. The Kier molecular flexibility index (Phi) is 1.58. The average Bonchev–Trinajstić information content (AvgIpc) is 2.28. The molecule has 1 aliphatic heterocycles. The van der Waals surface area contributed by atoms with Gasteiger partial charge in [-0.1, -0.05) is 0 Å². The van der Waals surface area contributed by atoms with Crippen LogP contribution in [-0.2, 0) is 5.54 Å². The molecule has 0 saturated heterocycles. The van der Waals surface area contributed by atoms with E-state index in [2.05, 4.69) is 4.98 Å². The van der Waals surface area contributed by atoms with Gasteiger partial charge >= 0.3 is 0 Å². The zero-order chi connectivity index (χ0) is 10.5. The molecule has 4 nitrogen and oxygen atoms in total. The van der Waals surface area contributed by atoms with Crippen molar-refractivity contribution in [3.05, 3.63) is 23.5 Å². The Balaban J connectivity index is 2.68. The summed E-state index contributed by atoms with van der Waals surface area (Å²) >= 11 is 0. The summed E-state index contributed by atoms with van der Waals surface area (Å²) in [6.07, 6.45) is 1.59. The molecule has 1 aromatic heterocycles. The molecule has 0 aromatic carbocycles. The van der Waals surface area contributed by atoms with Crippen LogP contribution in [0.3, 0.4) is 0 Å². The monoisotopic (exact) mass is 191 g/mol. The van der Waals surface area contributed by atoms with Crippen molar-refractivity contribution in [2.24, 2.45) is 0 Å². The number of amides is 1. The predicted octanol–water partition coefficient (Wildman–Crippen LogP) is 0.985. The maximum Gasteiger partial charge on any atom is 0.256 e. The van der Waals surface area contributed by atoms with Gasteiger partial charge in [0.2, 0.25) is 0 Å². The Hall–Kier alpha value is -1.58. The second kappa shape index (κ2) is 2.47. The number of nitrogens with zero attached hydrogens (tertiary/aromatic N) is 2. The number of carbonyl (C=O) groups is 1. The molecule has 0 bridgehead atoms. The molecule has 0 unspecified atom stereocenters. The van der Waals surface area contributed by atoms with Crippen molar-refractivity contribution in [1.29, 1.82) is 0 Å². The van der Waals surface area contributed by atoms with Crippen LogP contribution in [0.4, 0.5) is 5.69 Å². The Morgan fingerprint density at radius 1 is 1.50 bits per heavy atom. The number of rotatable bonds is 0. The van der Waals surface area contributed by atoms with E-state index in [1.165, 1.54) is 0 Å². The molecule has 0 spiro atoms. The fourth-order valence-corrected chi connectivity index (χ4v) is 1.72. The highest BCUT2D eigenvalue weighted by Gasteiger charge is 2.41. The van der Waals surface area contributed by atoms with Gasteiger partial charge in [0.1, 0.15) is 0 Å². The predicted molar refractivity (Wildman–Crippen MR) is 53.8 cm³/mol. The van der Waals surface area contributed by atoms with Crippen LogP contribution in [0, 0.1) is 0 Å². The highest BCUT2D eigenvalue weighted by molar-refractivity contribution is 5.99. The highest BCUT2D eigenvalue weighted by atomic mass is 16.2. The standard InChI is InChI=1S/C10H13N3O/c1-10(2)8-7(9(14)13(10)3)4-6(11)5-12-8/h4-5H,11H2,1-3H3. The van der Waals surface area contributed by atoms with Crippen molar-refractivity contribution in [3.63, 3.8) is 0 Å². The summed E-state index contributed by atoms with van der Waals surface area (Å²) in [5.41, 5.74) is 7.22. The summed E-state index contributed by atoms with van der Waals surface area (Å²) in [6.45, 7) is 3.94. The summed E-state index contributed by atoms with van der Waals surface area (Å²) in [6, 6.07) is 1.69. The number of fused-ring (bicyclic) bond motifs is 1. The molecule has 14 heavy (non-hydrogen) atoms. The van der Waals surface area contributed by atoms with Crippen LogP contribution in [0.25, 0.3) is 0 Å². The first kappa shape index (κ1) is 8.99. The number of hydrogen-bond acceptors (Lipinski definition) is 3. The van der Waals surface area contributed by atoms with Crippen molar-refractivity contribution in [1.82, 2.24) is 9.88 Å². The summed E-state index contributed by atoms with van der Waals surface area (Å²) in [7, 11) is 1.78. The largest absolute Gasteiger partial charge is 0.397 e. The van der Waals surface area contributed by atoms with Crippen LogP contribution in [0.1, 0.15) is 29.9 Å². The minimum atomic E-state index is -0.333. The highest BCUT2D eigenvalue weighted by Crippen LogP contribution is 2.36. The molecule has 2 heterocycles. The number of pyridine rings is 1. The lowest BCUT2D eigenvalue weighted by molar-refractivity contribution is 0.0688. The second-order valence-electron chi connectivity index (χ2n) is 4.09. The molecule has 1 aliphatic rings. The third kappa shape index (κ3) is 0.937. The molecule has 0 atom stereocenters. The maximum absolute atomic E-state index is 11.8. The molecule has 2 rings (SSSR count). The van der Waals surface area contributed by atoms with Crippen LogP contribution in [-0.4, -0.2) is 22.8 Å². The van der Waals surface area contributed by atoms with Gasteiger partial charge in [0.05, 0.1) is 28.7 Å². The molecule has 0 radical (unpaired) electrons. The van der Waals surface area contributed by atoms with E-state index < -0.39 is 0 Å².